The number of nitrogens with zero attached hydrogens (tertiary/aromatic N) is 4. The Morgan fingerprint density at radius 3 is 2.70 bits per heavy atom. The van der Waals surface area contributed by atoms with Crippen molar-refractivity contribution in [2.24, 2.45) is 5.10 Å². The van der Waals surface area contributed by atoms with Crippen LogP contribution in [0.15, 0.2) is 81.1 Å². The fourth-order valence-electron chi connectivity index (χ4n) is 4.66. The maximum absolute atomic E-state index is 13.6. The highest BCUT2D eigenvalue weighted by molar-refractivity contribution is 9.10. The lowest BCUT2D eigenvalue weighted by Gasteiger charge is -2.22. The molecule has 0 unspecified atom stereocenters. The van der Waals surface area contributed by atoms with Crippen LogP contribution >= 0.6 is 15.9 Å². The molecule has 1 heterocycles. The molecule has 3 aromatic carbocycles. The average Bonchev–Trinajstić information content (AvgIpc) is 2.92. The number of hydrogen-bond donors (Lipinski definition) is 0. The van der Waals surface area contributed by atoms with Gasteiger partial charge < -0.3 is 4.74 Å². The Labute approximate surface area is 221 Å². The number of para-hydroxylation sites is 1. The van der Waals surface area contributed by atoms with Crippen LogP contribution in [-0.4, -0.2) is 20.8 Å². The highest BCUT2D eigenvalue weighted by atomic mass is 79.9. The van der Waals surface area contributed by atoms with Crippen molar-refractivity contribution in [3.05, 3.63) is 109 Å². The van der Waals surface area contributed by atoms with Crippen molar-refractivity contribution in [1.82, 2.24) is 9.66 Å². The molecule has 0 aliphatic heterocycles. The van der Waals surface area contributed by atoms with E-state index >= 15 is 0 Å². The third-order valence-electron chi connectivity index (χ3n) is 6.55. The molecule has 1 saturated carbocycles. The molecule has 8 nitrogen and oxygen atoms in total. The summed E-state index contributed by atoms with van der Waals surface area (Å²) in [6, 6.07) is 19.2. The first-order valence-electron chi connectivity index (χ1n) is 12.2. The third kappa shape index (κ3) is 5.61. The van der Waals surface area contributed by atoms with E-state index in [-0.39, 0.29) is 23.8 Å². The first kappa shape index (κ1) is 24.8. The van der Waals surface area contributed by atoms with Gasteiger partial charge in [-0.15, -0.1) is 0 Å². The van der Waals surface area contributed by atoms with Crippen LogP contribution < -0.4 is 10.3 Å². The first-order chi connectivity index (χ1) is 18.0. The molecule has 9 heteroatoms. The summed E-state index contributed by atoms with van der Waals surface area (Å²) < 4.78 is 8.22. The molecule has 0 bridgehead atoms. The fourth-order valence-corrected chi connectivity index (χ4v) is 5.02. The number of halogens is 1. The molecule has 1 aliphatic carbocycles. The van der Waals surface area contributed by atoms with Crippen molar-refractivity contribution < 1.29 is 9.66 Å². The quantitative estimate of drug-likeness (QED) is 0.144. The normalized spacial score (nSPS) is 14.3. The minimum absolute atomic E-state index is 0.0148. The third-order valence-corrected chi connectivity index (χ3v) is 7.04. The number of ether oxygens (including phenoxy) is 1. The molecular formula is C28H25BrN4O4. The highest BCUT2D eigenvalue weighted by Gasteiger charge is 2.22. The molecule has 4 aromatic rings. The molecular weight excluding hydrogens is 536 g/mol. The van der Waals surface area contributed by atoms with Gasteiger partial charge in [0.05, 0.1) is 22.0 Å². The lowest BCUT2D eigenvalue weighted by molar-refractivity contribution is -0.384. The van der Waals surface area contributed by atoms with Gasteiger partial charge in [-0.2, -0.15) is 9.78 Å². The van der Waals surface area contributed by atoms with E-state index in [0.29, 0.717) is 33.6 Å². The summed E-state index contributed by atoms with van der Waals surface area (Å²) in [6.07, 6.45) is 6.98. The standard InChI is InChI=1S/C28H25BrN4O4/c29-22-13-14-25-24(16-22)28(34)32(27(31-25)20-8-2-1-3-9-20)30-17-21-10-4-5-12-26(21)37-18-19-7-6-11-23(15-19)33(35)36/h4-7,10-17,20H,1-3,8-9,18H2. The maximum Gasteiger partial charge on any atom is 0.282 e. The average molecular weight is 561 g/mol. The van der Waals surface area contributed by atoms with E-state index in [1.807, 2.05) is 30.3 Å². The van der Waals surface area contributed by atoms with Crippen molar-refractivity contribution in [3.8, 4) is 5.75 Å². The van der Waals surface area contributed by atoms with Gasteiger partial charge in [0.1, 0.15) is 18.2 Å². The predicted octanol–water partition coefficient (Wildman–Crippen LogP) is 6.58. The predicted molar refractivity (Wildman–Crippen MR) is 146 cm³/mol. The van der Waals surface area contributed by atoms with Gasteiger partial charge in [0.25, 0.3) is 11.2 Å². The molecule has 37 heavy (non-hydrogen) atoms. The number of fused-ring (bicyclic) bond motifs is 1. The lowest BCUT2D eigenvalue weighted by atomic mass is 9.88. The minimum atomic E-state index is -0.429. The zero-order valence-corrected chi connectivity index (χ0v) is 21.6. The zero-order valence-electron chi connectivity index (χ0n) is 20.0. The molecule has 0 atom stereocenters. The second-order valence-corrected chi connectivity index (χ2v) is 10.00. The number of hydrogen-bond acceptors (Lipinski definition) is 6. The molecule has 0 N–H and O–H groups in total. The van der Waals surface area contributed by atoms with E-state index < -0.39 is 4.92 Å². The number of rotatable bonds is 7. The zero-order chi connectivity index (χ0) is 25.8. The number of non-ortho nitro benzene ring substituents is 1. The summed E-state index contributed by atoms with van der Waals surface area (Å²) in [6.45, 7) is 0.158. The molecule has 1 aliphatic rings. The van der Waals surface area contributed by atoms with Crippen LogP contribution in [0.2, 0.25) is 0 Å². The summed E-state index contributed by atoms with van der Waals surface area (Å²) >= 11 is 3.45. The van der Waals surface area contributed by atoms with Gasteiger partial charge in [-0.25, -0.2) is 4.98 Å². The topological polar surface area (TPSA) is 99.6 Å². The highest BCUT2D eigenvalue weighted by Crippen LogP contribution is 2.32. The van der Waals surface area contributed by atoms with Gasteiger partial charge in [0, 0.05) is 28.1 Å². The van der Waals surface area contributed by atoms with Crippen LogP contribution in [0.5, 0.6) is 5.75 Å². The van der Waals surface area contributed by atoms with Gasteiger partial charge in [0.15, 0.2) is 0 Å². The Hall–Kier alpha value is -3.85. The second kappa shape index (κ2) is 11.0. The van der Waals surface area contributed by atoms with Crippen molar-refractivity contribution in [2.75, 3.05) is 0 Å². The number of benzene rings is 3. The molecule has 1 aromatic heterocycles. The van der Waals surface area contributed by atoms with Crippen LogP contribution in [0.25, 0.3) is 10.9 Å². The van der Waals surface area contributed by atoms with Crippen molar-refractivity contribution in [1.29, 1.82) is 0 Å². The Bertz CT molecular complexity index is 1540. The summed E-state index contributed by atoms with van der Waals surface area (Å²) in [5.41, 5.74) is 1.84. The Morgan fingerprint density at radius 2 is 1.89 bits per heavy atom. The molecule has 0 radical (unpaired) electrons. The van der Waals surface area contributed by atoms with Crippen LogP contribution in [0.4, 0.5) is 5.69 Å². The lowest BCUT2D eigenvalue weighted by Crippen LogP contribution is -2.25. The van der Waals surface area contributed by atoms with Crippen LogP contribution in [-0.2, 0) is 6.61 Å². The van der Waals surface area contributed by atoms with E-state index in [1.54, 1.807) is 30.5 Å². The number of nitro benzene ring substituents is 1. The monoisotopic (exact) mass is 560 g/mol. The fraction of sp³-hybridized carbons (Fsp3) is 0.250. The Kier molecular flexibility index (Phi) is 7.41. The van der Waals surface area contributed by atoms with E-state index in [9.17, 15) is 14.9 Å². The molecule has 5 rings (SSSR count). The van der Waals surface area contributed by atoms with Gasteiger partial charge >= 0.3 is 0 Å². The molecule has 1 fully saturated rings. The van der Waals surface area contributed by atoms with Crippen LogP contribution in [0.1, 0.15) is 55.0 Å². The Morgan fingerprint density at radius 1 is 1.08 bits per heavy atom. The van der Waals surface area contributed by atoms with E-state index in [1.165, 1.54) is 23.2 Å². The van der Waals surface area contributed by atoms with Crippen molar-refractivity contribution in [2.45, 2.75) is 44.6 Å². The summed E-state index contributed by atoms with van der Waals surface area (Å²) in [5, 5.41) is 16.2. The Balaban J connectivity index is 1.49. The molecule has 0 spiro atoms. The summed E-state index contributed by atoms with van der Waals surface area (Å²) in [7, 11) is 0. The molecule has 188 valence electrons. The maximum atomic E-state index is 13.6. The molecule has 0 amide bonds. The summed E-state index contributed by atoms with van der Waals surface area (Å²) in [4.78, 5) is 29.1. The second-order valence-electron chi connectivity index (χ2n) is 9.08. The smallest absolute Gasteiger partial charge is 0.282 e. The van der Waals surface area contributed by atoms with Crippen LogP contribution in [0.3, 0.4) is 0 Å². The van der Waals surface area contributed by atoms with Crippen molar-refractivity contribution >= 4 is 38.7 Å². The largest absolute Gasteiger partial charge is 0.488 e. The first-order valence-corrected chi connectivity index (χ1v) is 13.0. The molecule has 0 saturated heterocycles. The van der Waals surface area contributed by atoms with E-state index in [4.69, 9.17) is 9.72 Å². The van der Waals surface area contributed by atoms with Gasteiger partial charge in [-0.05, 0) is 48.7 Å². The summed E-state index contributed by atoms with van der Waals surface area (Å²) in [5.74, 6) is 1.42. The SMILES string of the molecule is O=c1c2cc(Br)ccc2nc(C2CCCCC2)n1N=Cc1ccccc1OCc1cccc([N+](=O)[O-])c1. The van der Waals surface area contributed by atoms with Gasteiger partial charge in [-0.3, -0.25) is 14.9 Å². The van der Waals surface area contributed by atoms with Crippen molar-refractivity contribution in [3.63, 3.8) is 0 Å². The van der Waals surface area contributed by atoms with Gasteiger partial charge in [-0.1, -0.05) is 59.5 Å². The van der Waals surface area contributed by atoms with E-state index in [0.717, 1.165) is 30.2 Å². The number of aromatic nitrogens is 2. The van der Waals surface area contributed by atoms with E-state index in [2.05, 4.69) is 21.0 Å². The minimum Gasteiger partial charge on any atom is -0.488 e. The number of nitro groups is 1. The van der Waals surface area contributed by atoms with Crippen LogP contribution in [0, 0.1) is 10.1 Å². The van der Waals surface area contributed by atoms with Gasteiger partial charge in [0.2, 0.25) is 0 Å².